The highest BCUT2D eigenvalue weighted by molar-refractivity contribution is 6.04. The Morgan fingerprint density at radius 1 is 1.26 bits per heavy atom. The fraction of sp³-hybridized carbons (Fsp3) is 0.263. The van der Waals surface area contributed by atoms with Crippen LogP contribution in [-0.2, 0) is 9.59 Å². The van der Waals surface area contributed by atoms with E-state index >= 15 is 0 Å². The van der Waals surface area contributed by atoms with Crippen molar-refractivity contribution in [3.8, 4) is 5.75 Å². The summed E-state index contributed by atoms with van der Waals surface area (Å²) in [5.41, 5.74) is 1.62. The van der Waals surface area contributed by atoms with Crippen LogP contribution in [0.2, 0.25) is 0 Å². The Morgan fingerprint density at radius 2 is 1.96 bits per heavy atom. The summed E-state index contributed by atoms with van der Waals surface area (Å²) < 4.78 is 5.06. The number of benzene rings is 2. The molecule has 1 N–H and O–H groups in total. The normalized spacial score (nSPS) is 16.3. The highest BCUT2D eigenvalue weighted by Crippen LogP contribution is 2.31. The standard InChI is InChI=1S/C19H19N3O5/c1-12-3-5-14(6-4-12)21-11-13(9-18(21)23)19(24)20-16-10-15(27-2)7-8-17(16)22(25)26/h3-8,10,13H,9,11H2,1-2H3,(H,20,24)/t13-/m1/s1. The van der Waals surface area contributed by atoms with Crippen LogP contribution in [0.5, 0.6) is 5.75 Å². The molecule has 2 amide bonds. The van der Waals surface area contributed by atoms with Crippen molar-refractivity contribution in [1.82, 2.24) is 0 Å². The van der Waals surface area contributed by atoms with Crippen LogP contribution in [0.4, 0.5) is 17.1 Å². The summed E-state index contributed by atoms with van der Waals surface area (Å²) in [5, 5.41) is 13.8. The number of aryl methyl sites for hydroxylation is 1. The van der Waals surface area contributed by atoms with Gasteiger partial charge in [-0.1, -0.05) is 17.7 Å². The number of anilines is 2. The lowest BCUT2D eigenvalue weighted by Gasteiger charge is -2.17. The maximum Gasteiger partial charge on any atom is 0.293 e. The number of nitro groups is 1. The van der Waals surface area contributed by atoms with E-state index in [1.165, 1.54) is 25.3 Å². The molecule has 2 aromatic rings. The first kappa shape index (κ1) is 18.4. The van der Waals surface area contributed by atoms with Crippen molar-refractivity contribution in [2.24, 2.45) is 5.92 Å². The molecule has 140 valence electrons. The summed E-state index contributed by atoms with van der Waals surface area (Å²) >= 11 is 0. The highest BCUT2D eigenvalue weighted by Gasteiger charge is 2.35. The van der Waals surface area contributed by atoms with E-state index in [1.54, 1.807) is 4.90 Å². The molecule has 1 heterocycles. The predicted octanol–water partition coefficient (Wildman–Crippen LogP) is 2.90. The molecule has 1 aliphatic heterocycles. The zero-order valence-electron chi connectivity index (χ0n) is 15.0. The second-order valence-corrected chi connectivity index (χ2v) is 6.37. The van der Waals surface area contributed by atoms with Gasteiger partial charge in [0.1, 0.15) is 11.4 Å². The monoisotopic (exact) mass is 369 g/mol. The first-order chi connectivity index (χ1) is 12.9. The summed E-state index contributed by atoms with van der Waals surface area (Å²) in [6.07, 6.45) is 0.0531. The van der Waals surface area contributed by atoms with Gasteiger partial charge in [0, 0.05) is 30.8 Å². The predicted molar refractivity (Wildman–Crippen MR) is 99.9 cm³/mol. The van der Waals surface area contributed by atoms with Gasteiger partial charge in [-0.05, 0) is 25.1 Å². The summed E-state index contributed by atoms with van der Waals surface area (Å²) in [4.78, 5) is 37.1. The number of nitrogens with one attached hydrogen (secondary N) is 1. The molecule has 8 heteroatoms. The Bertz CT molecular complexity index is 895. The van der Waals surface area contributed by atoms with Gasteiger partial charge < -0.3 is 15.0 Å². The number of ether oxygens (including phenoxy) is 1. The lowest BCUT2D eigenvalue weighted by Crippen LogP contribution is -2.28. The number of nitro benzene ring substituents is 1. The first-order valence-electron chi connectivity index (χ1n) is 8.39. The zero-order valence-corrected chi connectivity index (χ0v) is 15.0. The molecule has 1 aliphatic rings. The van der Waals surface area contributed by atoms with E-state index in [0.29, 0.717) is 5.75 Å². The number of nitrogens with zero attached hydrogens (tertiary/aromatic N) is 2. The van der Waals surface area contributed by atoms with Gasteiger partial charge in [0.25, 0.3) is 5.69 Å². The molecule has 1 fully saturated rings. The third-order valence-corrected chi connectivity index (χ3v) is 4.50. The second kappa shape index (κ2) is 7.45. The molecule has 0 saturated carbocycles. The van der Waals surface area contributed by atoms with Gasteiger partial charge in [0.15, 0.2) is 0 Å². The van der Waals surface area contributed by atoms with Gasteiger partial charge >= 0.3 is 0 Å². The van der Waals surface area contributed by atoms with E-state index < -0.39 is 16.7 Å². The molecule has 3 rings (SSSR count). The van der Waals surface area contributed by atoms with E-state index in [4.69, 9.17) is 4.74 Å². The number of rotatable bonds is 5. The van der Waals surface area contributed by atoms with Gasteiger partial charge in [-0.25, -0.2) is 0 Å². The smallest absolute Gasteiger partial charge is 0.293 e. The Balaban J connectivity index is 1.77. The fourth-order valence-corrected chi connectivity index (χ4v) is 2.99. The minimum atomic E-state index is -0.593. The van der Waals surface area contributed by atoms with Crippen molar-refractivity contribution in [2.45, 2.75) is 13.3 Å². The molecule has 8 nitrogen and oxygen atoms in total. The van der Waals surface area contributed by atoms with Crippen LogP contribution in [0, 0.1) is 23.0 Å². The average molecular weight is 369 g/mol. The van der Waals surface area contributed by atoms with Crippen LogP contribution in [0.25, 0.3) is 0 Å². The summed E-state index contributed by atoms with van der Waals surface area (Å²) in [6.45, 7) is 2.18. The molecule has 1 atom stereocenters. The van der Waals surface area contributed by atoms with E-state index in [2.05, 4.69) is 5.32 Å². The maximum absolute atomic E-state index is 12.6. The maximum atomic E-state index is 12.6. The largest absolute Gasteiger partial charge is 0.497 e. The van der Waals surface area contributed by atoms with Crippen LogP contribution >= 0.6 is 0 Å². The van der Waals surface area contributed by atoms with Crippen molar-refractivity contribution >= 4 is 28.9 Å². The van der Waals surface area contributed by atoms with Gasteiger partial charge in [0.05, 0.1) is 18.0 Å². The first-order valence-corrected chi connectivity index (χ1v) is 8.39. The Hall–Kier alpha value is -3.42. The molecule has 0 aliphatic carbocycles. The van der Waals surface area contributed by atoms with Crippen molar-refractivity contribution in [3.05, 3.63) is 58.1 Å². The van der Waals surface area contributed by atoms with E-state index in [9.17, 15) is 19.7 Å². The van der Waals surface area contributed by atoms with Gasteiger partial charge in [0.2, 0.25) is 11.8 Å². The topological polar surface area (TPSA) is 102 Å². The molecule has 0 unspecified atom stereocenters. The lowest BCUT2D eigenvalue weighted by atomic mass is 10.1. The van der Waals surface area contributed by atoms with Crippen LogP contribution in [0.15, 0.2) is 42.5 Å². The Kier molecular flexibility index (Phi) is 5.07. The average Bonchev–Trinajstić information content (AvgIpc) is 3.04. The van der Waals surface area contributed by atoms with E-state index in [0.717, 1.165) is 11.3 Å². The minimum Gasteiger partial charge on any atom is -0.497 e. The number of hydrogen-bond acceptors (Lipinski definition) is 5. The van der Waals surface area contributed by atoms with Crippen LogP contribution < -0.4 is 15.0 Å². The number of hydrogen-bond donors (Lipinski definition) is 1. The molecular formula is C19H19N3O5. The van der Waals surface area contributed by atoms with Crippen molar-refractivity contribution in [3.63, 3.8) is 0 Å². The van der Waals surface area contributed by atoms with E-state index in [-0.39, 0.29) is 30.2 Å². The highest BCUT2D eigenvalue weighted by atomic mass is 16.6. The Morgan fingerprint density at radius 3 is 2.59 bits per heavy atom. The molecule has 0 aromatic heterocycles. The quantitative estimate of drug-likeness (QED) is 0.645. The van der Waals surface area contributed by atoms with Gasteiger partial charge in [-0.2, -0.15) is 0 Å². The number of amides is 2. The van der Waals surface area contributed by atoms with Crippen LogP contribution in [0.3, 0.4) is 0 Å². The lowest BCUT2D eigenvalue weighted by molar-refractivity contribution is -0.383. The third-order valence-electron chi connectivity index (χ3n) is 4.50. The summed E-state index contributed by atoms with van der Waals surface area (Å²) in [7, 11) is 1.43. The number of carbonyl (C=O) groups excluding carboxylic acids is 2. The molecule has 27 heavy (non-hydrogen) atoms. The molecule has 2 aromatic carbocycles. The second-order valence-electron chi connectivity index (χ2n) is 6.37. The van der Waals surface area contributed by atoms with E-state index in [1.807, 2.05) is 31.2 Å². The van der Waals surface area contributed by atoms with Gasteiger partial charge in [-0.3, -0.25) is 19.7 Å². The fourth-order valence-electron chi connectivity index (χ4n) is 2.99. The van der Waals surface area contributed by atoms with Crippen LogP contribution in [0.1, 0.15) is 12.0 Å². The summed E-state index contributed by atoms with van der Waals surface area (Å²) in [6, 6.07) is 11.6. The Labute approximate surface area is 155 Å². The molecule has 0 radical (unpaired) electrons. The van der Waals surface area contributed by atoms with Crippen molar-refractivity contribution in [2.75, 3.05) is 23.9 Å². The van der Waals surface area contributed by atoms with Crippen molar-refractivity contribution in [1.29, 1.82) is 0 Å². The molecule has 1 saturated heterocycles. The van der Waals surface area contributed by atoms with Crippen LogP contribution in [-0.4, -0.2) is 30.4 Å². The SMILES string of the molecule is COc1ccc([N+](=O)[O-])c(NC(=O)[C@@H]2CC(=O)N(c3ccc(C)cc3)C2)c1. The third kappa shape index (κ3) is 3.89. The number of carbonyl (C=O) groups is 2. The summed E-state index contributed by atoms with van der Waals surface area (Å²) in [5.74, 6) is -0.794. The van der Waals surface area contributed by atoms with Gasteiger partial charge in [-0.15, -0.1) is 0 Å². The molecule has 0 bridgehead atoms. The zero-order chi connectivity index (χ0) is 19.6. The molecule has 0 spiro atoms. The van der Waals surface area contributed by atoms with Crippen molar-refractivity contribution < 1.29 is 19.2 Å². The number of methoxy groups -OCH3 is 1. The molecular weight excluding hydrogens is 350 g/mol. The minimum absolute atomic E-state index is 0.0468.